The van der Waals surface area contributed by atoms with Gasteiger partial charge in [0.1, 0.15) is 0 Å². The number of unbranched alkanes of at least 4 members (excludes halogenated alkanes) is 2. The molecule has 0 aromatic heterocycles. The van der Waals surface area contributed by atoms with Gasteiger partial charge in [0, 0.05) is 11.5 Å². The summed E-state index contributed by atoms with van der Waals surface area (Å²) in [5, 5.41) is 0. The number of carbonyl (C=O) groups is 2. The molecule has 0 saturated heterocycles. The van der Waals surface area contributed by atoms with Crippen LogP contribution in [0.15, 0.2) is 0 Å². The van der Waals surface area contributed by atoms with Gasteiger partial charge in [0.15, 0.2) is 0 Å². The molecule has 27 heavy (non-hydrogen) atoms. The second kappa shape index (κ2) is 18.6. The van der Waals surface area contributed by atoms with Crippen molar-refractivity contribution in [2.24, 2.45) is 11.8 Å². The van der Waals surface area contributed by atoms with E-state index in [1.165, 1.54) is 25.7 Å². The molecule has 0 aliphatic rings. The summed E-state index contributed by atoms with van der Waals surface area (Å²) in [6.07, 6.45) is 9.96. The summed E-state index contributed by atoms with van der Waals surface area (Å²) in [5.74, 6) is 2.13. The van der Waals surface area contributed by atoms with E-state index in [4.69, 9.17) is 9.47 Å². The van der Waals surface area contributed by atoms with E-state index in [9.17, 15) is 9.59 Å². The van der Waals surface area contributed by atoms with Crippen LogP contribution in [0.5, 0.6) is 0 Å². The Bertz CT molecular complexity index is 339. The maximum Gasteiger partial charge on any atom is 0.306 e. The van der Waals surface area contributed by atoms with Crippen LogP contribution < -0.4 is 0 Å². The number of thioether (sulfide) groups is 1. The van der Waals surface area contributed by atoms with Crippen molar-refractivity contribution in [2.45, 2.75) is 91.9 Å². The van der Waals surface area contributed by atoms with E-state index in [0.717, 1.165) is 25.7 Å². The fourth-order valence-corrected chi connectivity index (χ4v) is 3.60. The fraction of sp³-hybridized carbons (Fsp3) is 0.909. The molecular weight excluding hydrogens is 360 g/mol. The van der Waals surface area contributed by atoms with Crippen molar-refractivity contribution in [3.05, 3.63) is 0 Å². The Morgan fingerprint density at radius 1 is 0.741 bits per heavy atom. The van der Waals surface area contributed by atoms with Gasteiger partial charge in [-0.15, -0.1) is 0 Å². The molecule has 0 saturated carbocycles. The maximum atomic E-state index is 11.8. The van der Waals surface area contributed by atoms with Gasteiger partial charge in [0.25, 0.3) is 0 Å². The molecule has 0 N–H and O–H groups in total. The minimum Gasteiger partial charge on any atom is -0.465 e. The van der Waals surface area contributed by atoms with E-state index >= 15 is 0 Å². The van der Waals surface area contributed by atoms with Gasteiger partial charge in [-0.25, -0.2) is 0 Å². The lowest BCUT2D eigenvalue weighted by Crippen LogP contribution is -2.15. The van der Waals surface area contributed by atoms with Gasteiger partial charge in [-0.05, 0) is 24.7 Å². The van der Waals surface area contributed by atoms with Crippen molar-refractivity contribution in [2.75, 3.05) is 24.7 Å². The normalized spacial score (nSPS) is 13.2. The minimum atomic E-state index is -0.123. The highest BCUT2D eigenvalue weighted by molar-refractivity contribution is 7.99. The molecule has 0 bridgehead atoms. The van der Waals surface area contributed by atoms with Crippen LogP contribution in [0.25, 0.3) is 0 Å². The van der Waals surface area contributed by atoms with E-state index in [1.807, 2.05) is 0 Å². The molecule has 0 aromatic carbocycles. The number of hydrogen-bond donors (Lipinski definition) is 0. The van der Waals surface area contributed by atoms with Crippen LogP contribution in [0.1, 0.15) is 91.9 Å². The summed E-state index contributed by atoms with van der Waals surface area (Å²) < 4.78 is 10.8. The summed E-state index contributed by atoms with van der Waals surface area (Å²) >= 11 is 1.62. The monoisotopic (exact) mass is 402 g/mol. The third-order valence-electron chi connectivity index (χ3n) is 4.95. The molecule has 5 heteroatoms. The first-order chi connectivity index (χ1) is 13.1. The van der Waals surface area contributed by atoms with Crippen molar-refractivity contribution in [3.63, 3.8) is 0 Å². The molecule has 0 radical (unpaired) electrons. The molecule has 0 spiro atoms. The number of carbonyl (C=O) groups excluding carboxylic acids is 2. The SMILES string of the molecule is CCCC[C@@H](CC)COC(=O)CCSCCC(=O)OC[C@H](CC)CCCC. The van der Waals surface area contributed by atoms with Crippen LogP contribution in [-0.2, 0) is 19.1 Å². The van der Waals surface area contributed by atoms with Gasteiger partial charge in [0.05, 0.1) is 26.1 Å². The Hall–Kier alpha value is -0.710. The van der Waals surface area contributed by atoms with Crippen LogP contribution in [-0.4, -0.2) is 36.7 Å². The highest BCUT2D eigenvalue weighted by Crippen LogP contribution is 2.15. The van der Waals surface area contributed by atoms with Gasteiger partial charge in [-0.2, -0.15) is 11.8 Å². The summed E-state index contributed by atoms with van der Waals surface area (Å²) in [6.45, 7) is 9.75. The molecule has 0 aromatic rings. The predicted molar refractivity (Wildman–Crippen MR) is 115 cm³/mol. The zero-order valence-corrected chi connectivity index (χ0v) is 18.9. The number of hydrogen-bond acceptors (Lipinski definition) is 5. The van der Waals surface area contributed by atoms with Crippen molar-refractivity contribution < 1.29 is 19.1 Å². The van der Waals surface area contributed by atoms with Crippen LogP contribution in [0.2, 0.25) is 0 Å². The molecule has 160 valence electrons. The van der Waals surface area contributed by atoms with E-state index in [2.05, 4.69) is 27.7 Å². The zero-order chi connectivity index (χ0) is 20.3. The number of ether oxygens (including phenoxy) is 2. The second-order valence-corrected chi connectivity index (χ2v) is 8.54. The largest absolute Gasteiger partial charge is 0.465 e. The van der Waals surface area contributed by atoms with Gasteiger partial charge in [-0.3, -0.25) is 9.59 Å². The average molecular weight is 403 g/mol. The van der Waals surface area contributed by atoms with Crippen LogP contribution >= 0.6 is 11.8 Å². The Kier molecular flexibility index (Phi) is 18.2. The Morgan fingerprint density at radius 2 is 1.15 bits per heavy atom. The maximum absolute atomic E-state index is 11.8. The first-order valence-corrected chi connectivity index (χ1v) is 12.1. The van der Waals surface area contributed by atoms with Crippen molar-refractivity contribution in [1.82, 2.24) is 0 Å². The quantitative estimate of drug-likeness (QED) is 0.207. The highest BCUT2D eigenvalue weighted by atomic mass is 32.2. The third-order valence-corrected chi connectivity index (χ3v) is 5.93. The van der Waals surface area contributed by atoms with Crippen molar-refractivity contribution in [3.8, 4) is 0 Å². The highest BCUT2D eigenvalue weighted by Gasteiger charge is 2.11. The van der Waals surface area contributed by atoms with Crippen LogP contribution in [0.3, 0.4) is 0 Å². The lowest BCUT2D eigenvalue weighted by Gasteiger charge is -2.15. The predicted octanol–water partition coefficient (Wildman–Crippen LogP) is 6.02. The smallest absolute Gasteiger partial charge is 0.306 e. The van der Waals surface area contributed by atoms with Crippen molar-refractivity contribution in [1.29, 1.82) is 0 Å². The van der Waals surface area contributed by atoms with E-state index in [0.29, 0.717) is 49.4 Å². The first kappa shape index (κ1) is 26.3. The van der Waals surface area contributed by atoms with E-state index in [1.54, 1.807) is 11.8 Å². The molecule has 0 amide bonds. The summed E-state index contributed by atoms with van der Waals surface area (Å²) in [5.41, 5.74) is 0. The van der Waals surface area contributed by atoms with E-state index in [-0.39, 0.29) is 11.9 Å². The Balaban J connectivity index is 3.68. The number of rotatable bonds is 18. The summed E-state index contributed by atoms with van der Waals surface area (Å²) in [6, 6.07) is 0. The van der Waals surface area contributed by atoms with E-state index < -0.39 is 0 Å². The Morgan fingerprint density at radius 3 is 1.48 bits per heavy atom. The summed E-state index contributed by atoms with van der Waals surface area (Å²) in [4.78, 5) is 23.6. The van der Waals surface area contributed by atoms with Crippen LogP contribution in [0, 0.1) is 11.8 Å². The molecule has 0 fully saturated rings. The molecule has 0 aliphatic carbocycles. The van der Waals surface area contributed by atoms with Crippen molar-refractivity contribution >= 4 is 23.7 Å². The number of esters is 2. The lowest BCUT2D eigenvalue weighted by atomic mass is 10.0. The minimum absolute atomic E-state index is 0.123. The van der Waals surface area contributed by atoms with Gasteiger partial charge in [0.2, 0.25) is 0 Å². The molecule has 0 unspecified atom stereocenters. The standard InChI is InChI=1S/C22H42O4S/c1-5-9-11-19(7-3)17-25-21(23)13-15-27-16-14-22(24)26-18-20(8-4)12-10-6-2/h19-20H,5-18H2,1-4H3/t19-,20-/m1/s1. The average Bonchev–Trinajstić information content (AvgIpc) is 2.68. The van der Waals surface area contributed by atoms with Gasteiger partial charge >= 0.3 is 11.9 Å². The topological polar surface area (TPSA) is 52.6 Å². The molecule has 4 nitrogen and oxygen atoms in total. The second-order valence-electron chi connectivity index (χ2n) is 7.31. The van der Waals surface area contributed by atoms with Gasteiger partial charge in [-0.1, -0.05) is 66.2 Å². The molecule has 0 aliphatic heterocycles. The van der Waals surface area contributed by atoms with Crippen LogP contribution in [0.4, 0.5) is 0 Å². The third kappa shape index (κ3) is 16.0. The molecule has 0 heterocycles. The lowest BCUT2D eigenvalue weighted by molar-refractivity contribution is -0.145. The Labute approximate surface area is 171 Å². The molecule has 0 rings (SSSR count). The molecular formula is C22H42O4S. The summed E-state index contributed by atoms with van der Waals surface area (Å²) in [7, 11) is 0. The first-order valence-electron chi connectivity index (χ1n) is 11.0. The fourth-order valence-electron chi connectivity index (χ4n) is 2.78. The van der Waals surface area contributed by atoms with Gasteiger partial charge < -0.3 is 9.47 Å². The zero-order valence-electron chi connectivity index (χ0n) is 18.1. The molecule has 2 atom stereocenters.